The van der Waals surface area contributed by atoms with Crippen molar-refractivity contribution in [2.75, 3.05) is 64.6 Å². The Kier molecular flexibility index (Phi) is 11.4. The zero-order chi connectivity index (χ0) is 36.2. The van der Waals surface area contributed by atoms with E-state index < -0.39 is 29.7 Å². The van der Waals surface area contributed by atoms with E-state index in [9.17, 15) is 24.2 Å². The minimum atomic E-state index is -2.15. The topological polar surface area (TPSA) is 121 Å². The fraction of sp³-hybridized carbons (Fsp3) is 0.590. The van der Waals surface area contributed by atoms with Gasteiger partial charge in [-0.15, -0.1) is 0 Å². The molecule has 4 aliphatic rings. The lowest BCUT2D eigenvalue weighted by Crippen LogP contribution is -2.52. The molecule has 0 aromatic heterocycles. The molecule has 51 heavy (non-hydrogen) atoms. The molecule has 2 N–H and O–H groups in total. The van der Waals surface area contributed by atoms with Gasteiger partial charge in [-0.3, -0.25) is 4.79 Å². The van der Waals surface area contributed by atoms with Crippen molar-refractivity contribution in [2.45, 2.75) is 88.4 Å². The van der Waals surface area contributed by atoms with Gasteiger partial charge in [0.25, 0.3) is 0 Å². The fourth-order valence-corrected chi connectivity index (χ4v) is 7.68. The summed E-state index contributed by atoms with van der Waals surface area (Å²) in [6.45, 7) is 7.64. The molecular weight excluding hydrogens is 657 g/mol. The second-order valence-corrected chi connectivity index (χ2v) is 14.9. The molecule has 2 aromatic rings. The molecule has 1 saturated heterocycles. The van der Waals surface area contributed by atoms with E-state index in [1.54, 1.807) is 38.0 Å². The van der Waals surface area contributed by atoms with Crippen molar-refractivity contribution in [1.29, 1.82) is 0 Å². The lowest BCUT2D eigenvalue weighted by Gasteiger charge is -2.38. The average Bonchev–Trinajstić information content (AvgIpc) is 3.49. The number of amides is 1. The predicted octanol–water partition coefficient (Wildman–Crippen LogP) is 4.53. The minimum Gasteiger partial charge on any atom is -0.497 e. The van der Waals surface area contributed by atoms with Crippen molar-refractivity contribution in [1.82, 2.24) is 9.80 Å². The smallest absolute Gasteiger partial charge is 0.339 e. The summed E-state index contributed by atoms with van der Waals surface area (Å²) < 4.78 is 37.3. The minimum absolute atomic E-state index is 0.0675. The second-order valence-electron chi connectivity index (χ2n) is 14.9. The Balaban J connectivity index is 1.26. The first kappa shape index (κ1) is 36.9. The lowest BCUT2D eigenvalue weighted by molar-refractivity contribution is -0.177. The molecule has 12 heteroatoms. The molecule has 0 radical (unpaired) electrons. The maximum absolute atomic E-state index is 14.4. The van der Waals surface area contributed by atoms with Crippen molar-refractivity contribution in [3.05, 3.63) is 65.2 Å². The number of benzene rings is 2. The number of ether oxygens (including phenoxy) is 4. The third kappa shape index (κ3) is 8.96. The van der Waals surface area contributed by atoms with E-state index in [2.05, 4.69) is 9.80 Å². The van der Waals surface area contributed by atoms with Gasteiger partial charge in [0.05, 0.1) is 19.1 Å². The molecule has 11 nitrogen and oxygen atoms in total. The van der Waals surface area contributed by atoms with E-state index in [1.165, 1.54) is 12.1 Å². The number of hydrogen-bond donors (Lipinski definition) is 2. The monoisotopic (exact) mass is 709 g/mol. The van der Waals surface area contributed by atoms with Crippen LogP contribution in [-0.2, 0) is 25.5 Å². The molecule has 1 fully saturated rings. The first-order valence-corrected chi connectivity index (χ1v) is 18.3. The van der Waals surface area contributed by atoms with E-state index in [1.807, 2.05) is 18.2 Å². The van der Waals surface area contributed by atoms with Gasteiger partial charge in [-0.25, -0.2) is 9.18 Å². The van der Waals surface area contributed by atoms with Gasteiger partial charge >= 0.3 is 5.97 Å². The molecule has 6 rings (SSSR count). The third-order valence-corrected chi connectivity index (χ3v) is 10.6. The van der Waals surface area contributed by atoms with Crippen LogP contribution < -0.4 is 14.4 Å². The zero-order valence-corrected chi connectivity index (χ0v) is 30.1. The molecule has 4 heterocycles. The number of rotatable bonds is 10. The molecule has 1 amide bonds. The number of hydrogen-bond acceptors (Lipinski definition) is 10. The summed E-state index contributed by atoms with van der Waals surface area (Å²) in [7, 11) is 1.57. The van der Waals surface area contributed by atoms with Crippen LogP contribution in [0.4, 0.5) is 10.1 Å². The van der Waals surface area contributed by atoms with Crippen LogP contribution in [0.25, 0.3) is 0 Å². The van der Waals surface area contributed by atoms with Gasteiger partial charge in [0.15, 0.2) is 23.2 Å². The number of carbonyl (C=O) groups is 2. The number of fused-ring (bicyclic) bond motifs is 5. The summed E-state index contributed by atoms with van der Waals surface area (Å²) >= 11 is 0. The maximum atomic E-state index is 14.4. The zero-order valence-electron chi connectivity index (χ0n) is 30.1. The maximum Gasteiger partial charge on any atom is 0.339 e. The van der Waals surface area contributed by atoms with Crippen LogP contribution in [0.3, 0.4) is 0 Å². The van der Waals surface area contributed by atoms with Crippen molar-refractivity contribution < 1.29 is 43.1 Å². The van der Waals surface area contributed by atoms with Crippen LogP contribution in [0, 0.1) is 5.82 Å². The van der Waals surface area contributed by atoms with Gasteiger partial charge in [0, 0.05) is 50.9 Å². The predicted molar refractivity (Wildman–Crippen MR) is 189 cm³/mol. The number of nitrogens with zero attached hydrogens (tertiary/aromatic N) is 3. The van der Waals surface area contributed by atoms with Gasteiger partial charge in [-0.1, -0.05) is 0 Å². The van der Waals surface area contributed by atoms with Crippen LogP contribution in [0.5, 0.6) is 11.5 Å². The Bertz CT molecular complexity index is 1570. The van der Waals surface area contributed by atoms with Gasteiger partial charge in [-0.2, -0.15) is 0 Å². The molecule has 0 spiro atoms. The number of allylic oxidation sites excluding steroid dienone is 1. The normalized spacial score (nSPS) is 24.4. The highest BCUT2D eigenvalue weighted by Gasteiger charge is 2.45. The summed E-state index contributed by atoms with van der Waals surface area (Å²) in [5.74, 6) is -0.0677. The Labute approximate surface area is 299 Å². The summed E-state index contributed by atoms with van der Waals surface area (Å²) in [6, 6.07) is 10.3. The van der Waals surface area contributed by atoms with Crippen molar-refractivity contribution in [3.63, 3.8) is 0 Å². The highest BCUT2D eigenvalue weighted by molar-refractivity contribution is 5.88. The average molecular weight is 710 g/mol. The van der Waals surface area contributed by atoms with Crippen LogP contribution in [0.15, 0.2) is 48.2 Å². The van der Waals surface area contributed by atoms with Crippen LogP contribution in [-0.4, -0.2) is 109 Å². The van der Waals surface area contributed by atoms with Gasteiger partial charge in [0.2, 0.25) is 12.7 Å². The first-order chi connectivity index (χ1) is 24.4. The number of aliphatic hydroxyl groups is 2. The van der Waals surface area contributed by atoms with Crippen molar-refractivity contribution in [3.8, 4) is 11.5 Å². The van der Waals surface area contributed by atoms with E-state index in [0.29, 0.717) is 62.8 Å². The largest absolute Gasteiger partial charge is 0.497 e. The molecule has 278 valence electrons. The van der Waals surface area contributed by atoms with Crippen LogP contribution in [0.2, 0.25) is 0 Å². The molecule has 0 aliphatic carbocycles. The number of halogens is 1. The summed E-state index contributed by atoms with van der Waals surface area (Å²) in [4.78, 5) is 34.4. The molecule has 4 atom stereocenters. The van der Waals surface area contributed by atoms with E-state index in [4.69, 9.17) is 18.9 Å². The van der Waals surface area contributed by atoms with Gasteiger partial charge < -0.3 is 43.9 Å². The Morgan fingerprint density at radius 2 is 1.69 bits per heavy atom. The molecule has 1 unspecified atom stereocenters. The quantitative estimate of drug-likeness (QED) is 0.341. The van der Waals surface area contributed by atoms with Crippen LogP contribution in [0.1, 0.15) is 75.8 Å². The van der Waals surface area contributed by atoms with E-state index in [-0.39, 0.29) is 30.9 Å². The Morgan fingerprint density at radius 1 is 0.961 bits per heavy atom. The van der Waals surface area contributed by atoms with Gasteiger partial charge in [0.1, 0.15) is 11.6 Å². The standard InChI is InChI=1S/C39H52FN3O8/c1-38(2,46)14-7-15-39(47,24-35(44)43-20-18-42(19-21-43)29-11-9-28(40)10-12-29)37(45)51-36-31-25-41(16-6-4-5-8-32(36)48-3)17-13-27-22-33-34(23-30(27)31)50-26-49-33/h8-12,22-23,31,36,46-47H,4-7,13-21,24-26H2,1-3H3/b32-8+/t31-,36+,39-/m1/s1. The second kappa shape index (κ2) is 15.8. The number of esters is 1. The summed E-state index contributed by atoms with van der Waals surface area (Å²) in [5.41, 5.74) is -0.243. The first-order valence-electron chi connectivity index (χ1n) is 18.3. The highest BCUT2D eigenvalue weighted by atomic mass is 19.1. The summed E-state index contributed by atoms with van der Waals surface area (Å²) in [6.07, 6.45) is 4.68. The fourth-order valence-electron chi connectivity index (χ4n) is 7.68. The van der Waals surface area contributed by atoms with Crippen molar-refractivity contribution >= 4 is 17.6 Å². The number of piperazine rings is 1. The third-order valence-electron chi connectivity index (χ3n) is 10.6. The highest BCUT2D eigenvalue weighted by Crippen LogP contribution is 2.42. The number of anilines is 1. The molecule has 0 saturated carbocycles. The van der Waals surface area contributed by atoms with Crippen molar-refractivity contribution in [2.24, 2.45) is 0 Å². The molecule has 4 aliphatic heterocycles. The molecule has 2 aromatic carbocycles. The van der Waals surface area contributed by atoms with E-state index in [0.717, 1.165) is 55.6 Å². The lowest BCUT2D eigenvalue weighted by atomic mass is 9.86. The number of carbonyl (C=O) groups excluding carboxylic acids is 2. The summed E-state index contributed by atoms with van der Waals surface area (Å²) in [5, 5.41) is 22.6. The van der Waals surface area contributed by atoms with E-state index >= 15 is 0 Å². The molecular formula is C39H52FN3O8. The number of methoxy groups -OCH3 is 1. The van der Waals surface area contributed by atoms with Gasteiger partial charge in [-0.05, 0) is 119 Å². The molecule has 2 bridgehead atoms. The SMILES string of the molecule is CO/C1=C/CCCCN2CCc3cc4c(cc3[C@@H](C2)[C@@H]1OC(=O)[C@@](O)(CCCC(C)(C)O)CC(=O)N1CCN(c2ccc(F)cc2)CC1)OCO4. The Hall–Kier alpha value is -3.87. The Morgan fingerprint density at radius 3 is 2.39 bits per heavy atom. The van der Waals surface area contributed by atoms with Crippen LogP contribution >= 0.6 is 0 Å².